The molecule has 116 valence electrons. The molecule has 2 aromatic carbocycles. The van der Waals surface area contributed by atoms with Crippen LogP contribution in [0.15, 0.2) is 42.5 Å². The molecular formula is C20H24O2. The Morgan fingerprint density at radius 1 is 1.00 bits per heavy atom. The van der Waals surface area contributed by atoms with Gasteiger partial charge in [0.25, 0.3) is 0 Å². The van der Waals surface area contributed by atoms with Crippen LogP contribution in [0.2, 0.25) is 0 Å². The van der Waals surface area contributed by atoms with Gasteiger partial charge in [-0.1, -0.05) is 61.9 Å². The van der Waals surface area contributed by atoms with Gasteiger partial charge in [-0.15, -0.1) is 0 Å². The number of rotatable bonds is 5. The maximum atomic E-state index is 11.7. The summed E-state index contributed by atoms with van der Waals surface area (Å²) in [7, 11) is 0. The van der Waals surface area contributed by atoms with Gasteiger partial charge in [-0.05, 0) is 48.4 Å². The summed E-state index contributed by atoms with van der Waals surface area (Å²) < 4.78 is 0. The molecule has 0 saturated heterocycles. The lowest BCUT2D eigenvalue weighted by Gasteiger charge is -2.16. The molecule has 1 N–H and O–H groups in total. The molecule has 22 heavy (non-hydrogen) atoms. The molecule has 2 heteroatoms. The molecule has 0 radical (unpaired) electrons. The summed E-state index contributed by atoms with van der Waals surface area (Å²) >= 11 is 0. The smallest absolute Gasteiger partial charge is 0.311 e. The van der Waals surface area contributed by atoms with Gasteiger partial charge in [-0.2, -0.15) is 0 Å². The molecule has 0 saturated carbocycles. The molecule has 0 heterocycles. The van der Waals surface area contributed by atoms with Crippen molar-refractivity contribution in [2.45, 2.75) is 46.0 Å². The van der Waals surface area contributed by atoms with Crippen molar-refractivity contribution in [1.82, 2.24) is 0 Å². The molecule has 1 atom stereocenters. The standard InChI is InChI=1S/C20H24O2/c1-13(2)16-7-9-17(10-8-16)19(20(21)22)12-18-11-14(3)5-6-15(18)4/h5-11,13,19H,12H2,1-4H3,(H,21,22). The molecule has 0 aliphatic heterocycles. The highest BCUT2D eigenvalue weighted by Crippen LogP contribution is 2.25. The number of carboxylic acid groups (broad SMARTS) is 1. The SMILES string of the molecule is Cc1ccc(C)c(CC(C(=O)O)c2ccc(C(C)C)cc2)c1. The van der Waals surface area contributed by atoms with Crippen LogP contribution >= 0.6 is 0 Å². The van der Waals surface area contributed by atoms with E-state index in [2.05, 4.69) is 32.0 Å². The number of hydrogen-bond donors (Lipinski definition) is 1. The molecule has 0 aromatic heterocycles. The van der Waals surface area contributed by atoms with Crippen LogP contribution in [0.5, 0.6) is 0 Å². The van der Waals surface area contributed by atoms with Crippen molar-refractivity contribution in [1.29, 1.82) is 0 Å². The molecule has 0 fully saturated rings. The van der Waals surface area contributed by atoms with Crippen LogP contribution < -0.4 is 0 Å². The predicted molar refractivity (Wildman–Crippen MR) is 90.5 cm³/mol. The highest BCUT2D eigenvalue weighted by atomic mass is 16.4. The van der Waals surface area contributed by atoms with Gasteiger partial charge in [0.05, 0.1) is 5.92 Å². The van der Waals surface area contributed by atoms with E-state index >= 15 is 0 Å². The Kier molecular flexibility index (Phi) is 5.02. The third-order valence-corrected chi connectivity index (χ3v) is 4.23. The average molecular weight is 296 g/mol. The largest absolute Gasteiger partial charge is 0.481 e. The van der Waals surface area contributed by atoms with Crippen molar-refractivity contribution in [2.75, 3.05) is 0 Å². The minimum atomic E-state index is -0.766. The second-order valence-electron chi connectivity index (χ2n) is 6.35. The number of hydrogen-bond acceptors (Lipinski definition) is 1. The van der Waals surface area contributed by atoms with E-state index in [1.165, 1.54) is 11.1 Å². The summed E-state index contributed by atoms with van der Waals surface area (Å²) in [5, 5.41) is 9.63. The van der Waals surface area contributed by atoms with Crippen LogP contribution in [0.1, 0.15) is 53.5 Å². The monoisotopic (exact) mass is 296 g/mol. The van der Waals surface area contributed by atoms with Crippen LogP contribution in [0, 0.1) is 13.8 Å². The van der Waals surface area contributed by atoms with Gasteiger partial charge in [0.2, 0.25) is 0 Å². The third-order valence-electron chi connectivity index (χ3n) is 4.23. The number of carboxylic acids is 1. The van der Waals surface area contributed by atoms with Gasteiger partial charge in [0.1, 0.15) is 0 Å². The van der Waals surface area contributed by atoms with E-state index in [0.29, 0.717) is 12.3 Å². The molecule has 0 spiro atoms. The molecule has 1 unspecified atom stereocenters. The Bertz CT molecular complexity index is 654. The van der Waals surface area contributed by atoms with Crippen molar-refractivity contribution >= 4 is 5.97 Å². The minimum absolute atomic E-state index is 0.455. The number of benzene rings is 2. The first-order valence-electron chi connectivity index (χ1n) is 7.77. The number of carbonyl (C=O) groups is 1. The Labute approximate surface area is 132 Å². The first-order valence-corrected chi connectivity index (χ1v) is 7.77. The highest BCUT2D eigenvalue weighted by Gasteiger charge is 2.21. The normalized spacial score (nSPS) is 12.4. The lowest BCUT2D eigenvalue weighted by atomic mass is 9.88. The van der Waals surface area contributed by atoms with Gasteiger partial charge in [-0.25, -0.2) is 0 Å². The number of aliphatic carboxylic acids is 1. The predicted octanol–water partition coefficient (Wildman–Crippen LogP) is 4.84. The van der Waals surface area contributed by atoms with Gasteiger partial charge >= 0.3 is 5.97 Å². The summed E-state index contributed by atoms with van der Waals surface area (Å²) in [5.41, 5.74) is 5.54. The molecule has 0 aliphatic carbocycles. The van der Waals surface area contributed by atoms with Gasteiger partial charge in [0.15, 0.2) is 0 Å². The van der Waals surface area contributed by atoms with Crippen LogP contribution in [-0.2, 0) is 11.2 Å². The van der Waals surface area contributed by atoms with Gasteiger partial charge in [0, 0.05) is 0 Å². The Morgan fingerprint density at radius 3 is 2.14 bits per heavy atom. The zero-order valence-electron chi connectivity index (χ0n) is 13.8. The maximum absolute atomic E-state index is 11.7. The summed E-state index contributed by atoms with van der Waals surface area (Å²) in [6, 6.07) is 14.2. The lowest BCUT2D eigenvalue weighted by molar-refractivity contribution is -0.138. The topological polar surface area (TPSA) is 37.3 Å². The van der Waals surface area contributed by atoms with Crippen molar-refractivity contribution in [3.8, 4) is 0 Å². The first kappa shape index (κ1) is 16.3. The Hall–Kier alpha value is -2.09. The summed E-state index contributed by atoms with van der Waals surface area (Å²) in [6.07, 6.45) is 0.532. The Balaban J connectivity index is 2.30. The molecule has 0 bridgehead atoms. The highest BCUT2D eigenvalue weighted by molar-refractivity contribution is 5.76. The average Bonchev–Trinajstić information content (AvgIpc) is 2.48. The van der Waals surface area contributed by atoms with Crippen molar-refractivity contribution in [2.24, 2.45) is 0 Å². The van der Waals surface area contributed by atoms with Crippen LogP contribution in [0.4, 0.5) is 0 Å². The first-order chi connectivity index (χ1) is 10.4. The number of aryl methyl sites for hydroxylation is 2. The molecule has 0 aliphatic rings. The molecule has 2 rings (SSSR count). The van der Waals surface area contributed by atoms with Crippen molar-refractivity contribution < 1.29 is 9.90 Å². The van der Waals surface area contributed by atoms with Gasteiger partial charge < -0.3 is 5.11 Å². The van der Waals surface area contributed by atoms with E-state index < -0.39 is 11.9 Å². The third kappa shape index (κ3) is 3.76. The van der Waals surface area contributed by atoms with E-state index in [9.17, 15) is 9.90 Å². The second kappa shape index (κ2) is 6.78. The van der Waals surface area contributed by atoms with E-state index in [0.717, 1.165) is 16.7 Å². The zero-order chi connectivity index (χ0) is 16.3. The minimum Gasteiger partial charge on any atom is -0.481 e. The second-order valence-corrected chi connectivity index (χ2v) is 6.35. The summed E-state index contributed by atoms with van der Waals surface area (Å²) in [5.74, 6) is -0.809. The fraction of sp³-hybridized carbons (Fsp3) is 0.350. The lowest BCUT2D eigenvalue weighted by Crippen LogP contribution is -2.15. The van der Waals surface area contributed by atoms with E-state index in [1.54, 1.807) is 0 Å². The summed E-state index contributed by atoms with van der Waals surface area (Å²) in [6.45, 7) is 8.35. The van der Waals surface area contributed by atoms with E-state index in [-0.39, 0.29) is 0 Å². The molecule has 0 amide bonds. The van der Waals surface area contributed by atoms with E-state index in [1.807, 2.05) is 38.1 Å². The fourth-order valence-electron chi connectivity index (χ4n) is 2.70. The fourth-order valence-corrected chi connectivity index (χ4v) is 2.70. The van der Waals surface area contributed by atoms with Crippen LogP contribution in [0.25, 0.3) is 0 Å². The maximum Gasteiger partial charge on any atom is 0.311 e. The quantitative estimate of drug-likeness (QED) is 0.857. The van der Waals surface area contributed by atoms with Crippen LogP contribution in [-0.4, -0.2) is 11.1 Å². The Morgan fingerprint density at radius 2 is 1.59 bits per heavy atom. The molecular weight excluding hydrogens is 272 g/mol. The molecule has 2 nitrogen and oxygen atoms in total. The summed E-state index contributed by atoms with van der Waals surface area (Å²) in [4.78, 5) is 11.7. The van der Waals surface area contributed by atoms with Crippen LogP contribution in [0.3, 0.4) is 0 Å². The molecule has 2 aromatic rings. The van der Waals surface area contributed by atoms with Gasteiger partial charge in [-0.3, -0.25) is 4.79 Å². The zero-order valence-corrected chi connectivity index (χ0v) is 13.8. The van der Waals surface area contributed by atoms with Crippen molar-refractivity contribution in [3.05, 3.63) is 70.3 Å². The van der Waals surface area contributed by atoms with Crippen molar-refractivity contribution in [3.63, 3.8) is 0 Å². The van der Waals surface area contributed by atoms with E-state index in [4.69, 9.17) is 0 Å².